The zero-order valence-corrected chi connectivity index (χ0v) is 20.3. The van der Waals surface area contributed by atoms with Gasteiger partial charge in [-0.3, -0.25) is 0 Å². The third kappa shape index (κ3) is 4.26. The normalized spacial score (nSPS) is 22.1. The SMILES string of the molecule is [Br-].c1ccc([P+](c2ccccc2)(c2ccccc2)C(C2CCCO2)C2CCCO2)cc1. The van der Waals surface area contributed by atoms with Crippen LogP contribution in [0.2, 0.25) is 0 Å². The van der Waals surface area contributed by atoms with Crippen LogP contribution in [0.5, 0.6) is 0 Å². The summed E-state index contributed by atoms with van der Waals surface area (Å²) in [5, 5.41) is 4.29. The van der Waals surface area contributed by atoms with Gasteiger partial charge in [0.2, 0.25) is 0 Å². The molecule has 162 valence electrons. The molecule has 2 saturated heterocycles. The van der Waals surface area contributed by atoms with Crippen LogP contribution < -0.4 is 32.9 Å². The molecule has 2 unspecified atom stereocenters. The van der Waals surface area contributed by atoms with Gasteiger partial charge in [0.1, 0.15) is 28.8 Å². The molecule has 31 heavy (non-hydrogen) atoms. The Labute approximate surface area is 197 Å². The van der Waals surface area contributed by atoms with Crippen LogP contribution in [0.25, 0.3) is 0 Å². The van der Waals surface area contributed by atoms with Gasteiger partial charge >= 0.3 is 0 Å². The highest BCUT2D eigenvalue weighted by molar-refractivity contribution is 7.96. The van der Waals surface area contributed by atoms with E-state index in [1.807, 2.05) is 0 Å². The monoisotopic (exact) mass is 496 g/mol. The number of ether oxygens (including phenoxy) is 2. The van der Waals surface area contributed by atoms with Gasteiger partial charge in [-0.15, -0.1) is 0 Å². The summed E-state index contributed by atoms with van der Waals surface area (Å²) in [4.78, 5) is 0. The van der Waals surface area contributed by atoms with Crippen molar-refractivity contribution in [3.8, 4) is 0 Å². The predicted octanol–water partition coefficient (Wildman–Crippen LogP) is 1.71. The Morgan fingerprint density at radius 3 is 1.23 bits per heavy atom. The predicted molar refractivity (Wildman–Crippen MR) is 127 cm³/mol. The molecule has 2 aliphatic heterocycles. The van der Waals surface area contributed by atoms with E-state index in [2.05, 4.69) is 91.0 Å². The highest BCUT2D eigenvalue weighted by Gasteiger charge is 2.59. The second-order valence-corrected chi connectivity index (χ2v) is 11.9. The van der Waals surface area contributed by atoms with Crippen LogP contribution in [-0.2, 0) is 9.47 Å². The summed E-state index contributed by atoms with van der Waals surface area (Å²) in [6.45, 7) is 1.73. The quantitative estimate of drug-likeness (QED) is 0.483. The van der Waals surface area contributed by atoms with Crippen LogP contribution in [0.4, 0.5) is 0 Å². The van der Waals surface area contributed by atoms with Crippen molar-refractivity contribution in [2.75, 3.05) is 13.2 Å². The van der Waals surface area contributed by atoms with Crippen molar-refractivity contribution in [1.29, 1.82) is 0 Å². The van der Waals surface area contributed by atoms with Crippen molar-refractivity contribution < 1.29 is 26.5 Å². The van der Waals surface area contributed by atoms with Gasteiger partial charge in [0, 0.05) is 13.2 Å². The van der Waals surface area contributed by atoms with Gasteiger partial charge in [-0.2, -0.15) is 0 Å². The first-order valence-electron chi connectivity index (χ1n) is 11.2. The third-order valence-electron chi connectivity index (χ3n) is 6.63. The number of hydrogen-bond donors (Lipinski definition) is 0. The van der Waals surface area contributed by atoms with E-state index in [0.29, 0.717) is 5.66 Å². The minimum absolute atomic E-state index is 0. The van der Waals surface area contributed by atoms with Crippen molar-refractivity contribution >= 4 is 23.2 Å². The Balaban J connectivity index is 0.00000231. The van der Waals surface area contributed by atoms with E-state index >= 15 is 0 Å². The Kier molecular flexibility index (Phi) is 7.61. The van der Waals surface area contributed by atoms with Gasteiger partial charge in [0.15, 0.2) is 0 Å². The first kappa shape index (κ1) is 22.7. The molecule has 3 aromatic carbocycles. The Morgan fingerprint density at radius 2 is 0.935 bits per heavy atom. The van der Waals surface area contributed by atoms with Crippen molar-refractivity contribution in [3.05, 3.63) is 91.0 Å². The number of rotatable bonds is 6. The smallest absolute Gasteiger partial charge is 0.136 e. The molecule has 2 nitrogen and oxygen atoms in total. The van der Waals surface area contributed by atoms with Crippen LogP contribution in [-0.4, -0.2) is 31.1 Å². The molecule has 2 atom stereocenters. The lowest BCUT2D eigenvalue weighted by Gasteiger charge is -2.39. The highest BCUT2D eigenvalue weighted by atomic mass is 79.9. The summed E-state index contributed by atoms with van der Waals surface area (Å²) in [5.41, 5.74) is 0.328. The van der Waals surface area contributed by atoms with Gasteiger partial charge in [0.05, 0.1) is 12.2 Å². The minimum Gasteiger partial charge on any atom is -1.00 e. The molecule has 5 rings (SSSR count). The molecular weight excluding hydrogens is 467 g/mol. The van der Waals surface area contributed by atoms with Gasteiger partial charge in [0.25, 0.3) is 0 Å². The van der Waals surface area contributed by atoms with Crippen LogP contribution in [0.1, 0.15) is 25.7 Å². The molecule has 0 N–H and O–H groups in total. The van der Waals surface area contributed by atoms with Crippen LogP contribution in [0.15, 0.2) is 91.0 Å². The van der Waals surface area contributed by atoms with Crippen LogP contribution in [0.3, 0.4) is 0 Å². The molecule has 0 aliphatic carbocycles. The van der Waals surface area contributed by atoms with E-state index in [9.17, 15) is 0 Å². The van der Waals surface area contributed by atoms with Gasteiger partial charge in [-0.1, -0.05) is 54.6 Å². The van der Waals surface area contributed by atoms with Crippen LogP contribution in [0, 0.1) is 0 Å². The summed E-state index contributed by atoms with van der Waals surface area (Å²) in [6, 6.07) is 33.6. The molecule has 0 bridgehead atoms. The van der Waals surface area contributed by atoms with E-state index in [4.69, 9.17) is 9.47 Å². The largest absolute Gasteiger partial charge is 1.00 e. The molecular formula is C27H30BrO2P. The topological polar surface area (TPSA) is 18.5 Å². The van der Waals surface area contributed by atoms with E-state index in [1.165, 1.54) is 15.9 Å². The summed E-state index contributed by atoms with van der Waals surface area (Å²) in [7, 11) is -2.01. The van der Waals surface area contributed by atoms with Crippen molar-refractivity contribution in [2.45, 2.75) is 43.6 Å². The molecule has 0 spiro atoms. The summed E-state index contributed by atoms with van der Waals surface area (Å²) < 4.78 is 12.9. The lowest BCUT2D eigenvalue weighted by molar-refractivity contribution is -0.0000124. The molecule has 4 heteroatoms. The molecule has 3 aromatic rings. The molecule has 2 heterocycles. The first-order chi connectivity index (χ1) is 14.9. The van der Waals surface area contributed by atoms with Crippen molar-refractivity contribution in [1.82, 2.24) is 0 Å². The first-order valence-corrected chi connectivity index (χ1v) is 13.1. The zero-order valence-electron chi connectivity index (χ0n) is 17.8. The fourth-order valence-electron chi connectivity index (χ4n) is 5.44. The molecule has 0 radical (unpaired) electrons. The second-order valence-electron chi connectivity index (χ2n) is 8.32. The third-order valence-corrected chi connectivity index (χ3v) is 11.5. The Morgan fingerprint density at radius 1 is 0.581 bits per heavy atom. The van der Waals surface area contributed by atoms with Gasteiger partial charge in [-0.25, -0.2) is 0 Å². The molecule has 2 aliphatic rings. The van der Waals surface area contributed by atoms with E-state index < -0.39 is 7.26 Å². The Hall–Kier alpha value is -1.51. The minimum atomic E-state index is -2.01. The number of halogens is 1. The fourth-order valence-corrected chi connectivity index (χ4v) is 10.8. The zero-order chi connectivity index (χ0) is 20.2. The van der Waals surface area contributed by atoms with Crippen LogP contribution >= 0.6 is 7.26 Å². The Bertz CT molecular complexity index is 811. The van der Waals surface area contributed by atoms with E-state index in [1.54, 1.807) is 0 Å². The van der Waals surface area contributed by atoms with E-state index in [0.717, 1.165) is 38.9 Å². The molecule has 2 fully saturated rings. The molecule has 0 aromatic heterocycles. The maximum Gasteiger partial charge on any atom is 0.136 e. The maximum atomic E-state index is 6.45. The number of benzene rings is 3. The summed E-state index contributed by atoms with van der Waals surface area (Å²) in [6.07, 6.45) is 5.01. The van der Waals surface area contributed by atoms with Crippen molar-refractivity contribution in [2.24, 2.45) is 0 Å². The number of hydrogen-bond acceptors (Lipinski definition) is 2. The average Bonchev–Trinajstić information content (AvgIpc) is 3.54. The second kappa shape index (κ2) is 10.4. The van der Waals surface area contributed by atoms with Gasteiger partial charge < -0.3 is 26.5 Å². The van der Waals surface area contributed by atoms with E-state index in [-0.39, 0.29) is 29.2 Å². The highest BCUT2D eigenvalue weighted by Crippen LogP contribution is 2.63. The van der Waals surface area contributed by atoms with Gasteiger partial charge in [-0.05, 0) is 62.1 Å². The fraction of sp³-hybridized carbons (Fsp3) is 0.333. The van der Waals surface area contributed by atoms with Crippen molar-refractivity contribution in [3.63, 3.8) is 0 Å². The summed E-state index contributed by atoms with van der Waals surface area (Å²) in [5.74, 6) is 0. The lowest BCUT2D eigenvalue weighted by Crippen LogP contribution is -3.00. The lowest BCUT2D eigenvalue weighted by atomic mass is 10.1. The standard InChI is InChI=1S/C27H30O2P.BrH/c1-4-12-22(13-5-1)30(23-14-6-2-7-15-23,24-16-8-3-9-17-24)27(25-18-10-20-28-25)26-19-11-21-29-26;/h1-9,12-17,25-27H,10-11,18-21H2;1H/q+1;/p-1. The molecule has 0 saturated carbocycles. The summed E-state index contributed by atoms with van der Waals surface area (Å²) >= 11 is 0. The average molecular weight is 497 g/mol. The maximum absolute atomic E-state index is 6.45. The molecule has 0 amide bonds.